The first-order chi connectivity index (χ1) is 11.5. The van der Waals surface area contributed by atoms with Gasteiger partial charge in [0, 0.05) is 10.1 Å². The van der Waals surface area contributed by atoms with Crippen molar-refractivity contribution in [1.82, 2.24) is 5.32 Å². The van der Waals surface area contributed by atoms with E-state index in [4.69, 9.17) is 47.0 Å². The van der Waals surface area contributed by atoms with Crippen LogP contribution >= 0.6 is 58.4 Å². The molecule has 3 aromatic rings. The summed E-state index contributed by atoms with van der Waals surface area (Å²) in [5.74, 6) is -0.378. The lowest BCUT2D eigenvalue weighted by Crippen LogP contribution is -2.33. The molecule has 1 aromatic heterocycles. The average molecular weight is 416 g/mol. The molecule has 0 spiro atoms. The molecule has 0 atom stereocenters. The molecular weight excluding hydrogens is 407 g/mol. The molecule has 0 aliphatic heterocycles. The first-order valence-corrected chi connectivity index (χ1v) is 9.06. The van der Waals surface area contributed by atoms with Crippen molar-refractivity contribution < 1.29 is 4.79 Å². The number of thiophene rings is 1. The van der Waals surface area contributed by atoms with Crippen molar-refractivity contribution in [2.24, 2.45) is 0 Å². The number of carbonyl (C=O) groups is 1. The first kappa shape index (κ1) is 17.5. The number of hydrogen-bond donors (Lipinski definition) is 2. The Bertz CT molecular complexity index is 956. The second-order valence-electron chi connectivity index (χ2n) is 4.75. The fraction of sp³-hybridized carbons (Fsp3) is 0. The Hall–Kier alpha value is -1.37. The molecule has 1 heterocycles. The Balaban J connectivity index is 1.77. The van der Waals surface area contributed by atoms with Crippen LogP contribution in [0.4, 0.5) is 5.69 Å². The summed E-state index contributed by atoms with van der Waals surface area (Å²) in [4.78, 5) is 12.8. The minimum atomic E-state index is -0.378. The third kappa shape index (κ3) is 3.50. The van der Waals surface area contributed by atoms with Crippen LogP contribution in [0.2, 0.25) is 15.1 Å². The highest BCUT2D eigenvalue weighted by Gasteiger charge is 2.18. The van der Waals surface area contributed by atoms with Crippen molar-refractivity contribution in [1.29, 1.82) is 0 Å². The normalized spacial score (nSPS) is 10.6. The highest BCUT2D eigenvalue weighted by Crippen LogP contribution is 2.35. The molecule has 24 heavy (non-hydrogen) atoms. The van der Waals surface area contributed by atoms with Gasteiger partial charge in [-0.05, 0) is 30.4 Å². The zero-order valence-corrected chi connectivity index (χ0v) is 15.8. The van der Waals surface area contributed by atoms with Gasteiger partial charge in [0.05, 0.1) is 20.8 Å². The van der Waals surface area contributed by atoms with Gasteiger partial charge < -0.3 is 5.32 Å². The highest BCUT2D eigenvalue weighted by molar-refractivity contribution is 7.80. The van der Waals surface area contributed by atoms with Crippen molar-refractivity contribution in [2.45, 2.75) is 0 Å². The number of anilines is 1. The maximum Gasteiger partial charge on any atom is 0.269 e. The number of hydrogen-bond acceptors (Lipinski definition) is 3. The van der Waals surface area contributed by atoms with Gasteiger partial charge in [0.1, 0.15) is 4.88 Å². The van der Waals surface area contributed by atoms with Crippen molar-refractivity contribution >= 4 is 85.2 Å². The van der Waals surface area contributed by atoms with E-state index >= 15 is 0 Å². The molecule has 0 radical (unpaired) electrons. The quantitative estimate of drug-likeness (QED) is 0.505. The van der Waals surface area contributed by atoms with Gasteiger partial charge in [-0.15, -0.1) is 11.3 Å². The summed E-state index contributed by atoms with van der Waals surface area (Å²) in [6.07, 6.45) is 0. The molecule has 1 amide bonds. The molecule has 0 aliphatic carbocycles. The number of thiocarbonyl (C=S) groups is 1. The van der Waals surface area contributed by atoms with E-state index in [-0.39, 0.29) is 11.0 Å². The molecule has 122 valence electrons. The van der Waals surface area contributed by atoms with E-state index in [1.807, 2.05) is 24.3 Å². The number of carbonyl (C=O) groups excluding carboxylic acids is 1. The van der Waals surface area contributed by atoms with Crippen LogP contribution in [0.15, 0.2) is 42.5 Å². The summed E-state index contributed by atoms with van der Waals surface area (Å²) in [5, 5.41) is 7.53. The van der Waals surface area contributed by atoms with Crippen LogP contribution in [-0.4, -0.2) is 11.0 Å². The zero-order valence-electron chi connectivity index (χ0n) is 11.9. The Morgan fingerprint density at radius 2 is 1.75 bits per heavy atom. The predicted octanol–water partition coefficient (Wildman–Crippen LogP) is 5.99. The Labute approximate surface area is 162 Å². The number of rotatable bonds is 2. The van der Waals surface area contributed by atoms with Crippen LogP contribution in [0.5, 0.6) is 0 Å². The van der Waals surface area contributed by atoms with Gasteiger partial charge in [-0.2, -0.15) is 0 Å². The molecule has 0 unspecified atom stereocenters. The van der Waals surface area contributed by atoms with Gasteiger partial charge in [0.15, 0.2) is 5.11 Å². The predicted molar refractivity (Wildman–Crippen MR) is 107 cm³/mol. The molecule has 0 saturated heterocycles. The monoisotopic (exact) mass is 414 g/mol. The van der Waals surface area contributed by atoms with E-state index in [1.54, 1.807) is 18.2 Å². The number of amides is 1. The van der Waals surface area contributed by atoms with Crippen molar-refractivity contribution in [3.05, 3.63) is 62.4 Å². The Morgan fingerprint density at radius 3 is 2.50 bits per heavy atom. The Morgan fingerprint density at radius 1 is 1.00 bits per heavy atom. The molecule has 2 aromatic carbocycles. The van der Waals surface area contributed by atoms with Crippen LogP contribution in [0.25, 0.3) is 10.1 Å². The third-order valence-electron chi connectivity index (χ3n) is 3.17. The van der Waals surface area contributed by atoms with Crippen LogP contribution in [0.3, 0.4) is 0 Å². The van der Waals surface area contributed by atoms with Crippen molar-refractivity contribution in [3.63, 3.8) is 0 Å². The molecule has 0 saturated carbocycles. The number of halogens is 3. The van der Waals surface area contributed by atoms with Gasteiger partial charge in [0.25, 0.3) is 5.91 Å². The molecule has 0 aliphatic rings. The standard InChI is InChI=1S/C16H9Cl3N2OS2/c17-9-5-3-6-10(13(9)19)20-16(23)21-15(22)14-12(18)8-4-1-2-7-11(8)24-14/h1-7H,(H2,20,21,22,23). The van der Waals surface area contributed by atoms with Gasteiger partial charge in [-0.3, -0.25) is 10.1 Å². The summed E-state index contributed by atoms with van der Waals surface area (Å²) in [5.41, 5.74) is 0.511. The van der Waals surface area contributed by atoms with E-state index in [1.165, 1.54) is 11.3 Å². The maximum atomic E-state index is 12.4. The summed E-state index contributed by atoms with van der Waals surface area (Å²) in [6, 6.07) is 12.6. The molecule has 0 bridgehead atoms. The summed E-state index contributed by atoms with van der Waals surface area (Å²) >= 11 is 24.8. The zero-order chi connectivity index (χ0) is 17.3. The fourth-order valence-corrected chi connectivity index (χ4v) is 4.04. The topological polar surface area (TPSA) is 41.1 Å². The fourth-order valence-electron chi connectivity index (χ4n) is 2.07. The van der Waals surface area contributed by atoms with Crippen LogP contribution in [0, 0.1) is 0 Å². The lowest BCUT2D eigenvalue weighted by molar-refractivity contribution is 0.0982. The van der Waals surface area contributed by atoms with Gasteiger partial charge >= 0.3 is 0 Å². The molecule has 3 nitrogen and oxygen atoms in total. The van der Waals surface area contributed by atoms with Crippen LogP contribution in [0.1, 0.15) is 9.67 Å². The molecule has 3 rings (SSSR count). The summed E-state index contributed by atoms with van der Waals surface area (Å²) in [7, 11) is 0. The Kier molecular flexibility index (Phi) is 5.27. The van der Waals surface area contributed by atoms with Gasteiger partial charge in [-0.25, -0.2) is 0 Å². The first-order valence-electron chi connectivity index (χ1n) is 6.70. The lowest BCUT2D eigenvalue weighted by Gasteiger charge is -2.11. The molecule has 8 heteroatoms. The second kappa shape index (κ2) is 7.25. The highest BCUT2D eigenvalue weighted by atomic mass is 35.5. The number of nitrogens with one attached hydrogen (secondary N) is 2. The number of fused-ring (bicyclic) bond motifs is 1. The smallest absolute Gasteiger partial charge is 0.269 e. The van der Waals surface area contributed by atoms with Crippen molar-refractivity contribution in [2.75, 3.05) is 5.32 Å². The molecule has 2 N–H and O–H groups in total. The number of benzene rings is 2. The van der Waals surface area contributed by atoms with Gasteiger partial charge in [0.2, 0.25) is 0 Å². The summed E-state index contributed by atoms with van der Waals surface area (Å²) in [6.45, 7) is 0. The maximum absolute atomic E-state index is 12.4. The van der Waals surface area contributed by atoms with Crippen LogP contribution < -0.4 is 10.6 Å². The molecule has 0 fully saturated rings. The molecular formula is C16H9Cl3N2OS2. The SMILES string of the molecule is O=C(NC(=S)Nc1cccc(Cl)c1Cl)c1sc2ccccc2c1Cl. The second-order valence-corrected chi connectivity index (χ2v) is 7.37. The minimum absolute atomic E-state index is 0.109. The average Bonchev–Trinajstić information content (AvgIpc) is 2.89. The minimum Gasteiger partial charge on any atom is -0.331 e. The third-order valence-corrected chi connectivity index (χ3v) is 5.87. The largest absolute Gasteiger partial charge is 0.331 e. The van der Waals surface area contributed by atoms with E-state index in [9.17, 15) is 4.79 Å². The van der Waals surface area contributed by atoms with Crippen LogP contribution in [-0.2, 0) is 0 Å². The lowest BCUT2D eigenvalue weighted by atomic mass is 10.2. The van der Waals surface area contributed by atoms with Gasteiger partial charge in [-0.1, -0.05) is 59.1 Å². The van der Waals surface area contributed by atoms with Crippen molar-refractivity contribution in [3.8, 4) is 0 Å². The summed E-state index contributed by atoms with van der Waals surface area (Å²) < 4.78 is 0.935. The van der Waals surface area contributed by atoms with E-state index in [0.29, 0.717) is 25.6 Å². The van der Waals surface area contributed by atoms with E-state index < -0.39 is 0 Å². The van der Waals surface area contributed by atoms with E-state index in [2.05, 4.69) is 10.6 Å². The van der Waals surface area contributed by atoms with E-state index in [0.717, 1.165) is 10.1 Å².